The van der Waals surface area contributed by atoms with E-state index in [1.54, 1.807) is 0 Å². The molecule has 2 aromatic rings. The lowest BCUT2D eigenvalue weighted by atomic mass is 10.1. The number of rotatable bonds is 15. The Kier molecular flexibility index (Phi) is 11.5. The Morgan fingerprint density at radius 1 is 0.933 bits per heavy atom. The van der Waals surface area contributed by atoms with E-state index in [4.69, 9.17) is 4.74 Å². The minimum atomic E-state index is 0.0661. The number of aromatic nitrogens is 1. The van der Waals surface area contributed by atoms with Gasteiger partial charge < -0.3 is 19.8 Å². The predicted molar refractivity (Wildman–Crippen MR) is 123 cm³/mol. The molecular formula is C25H35N2O3+. The lowest BCUT2D eigenvalue weighted by Gasteiger charge is -2.22. The maximum absolute atomic E-state index is 9.19. The summed E-state index contributed by atoms with van der Waals surface area (Å²) in [6.07, 6.45) is 11.3. The van der Waals surface area contributed by atoms with Crippen LogP contribution in [0.15, 0.2) is 61.3 Å². The fourth-order valence-corrected chi connectivity index (χ4v) is 3.19. The highest BCUT2D eigenvalue weighted by Gasteiger charge is 2.07. The average molecular weight is 412 g/mol. The van der Waals surface area contributed by atoms with E-state index in [-0.39, 0.29) is 13.2 Å². The number of hydrogen-bond donors (Lipinski definition) is 2. The molecule has 0 aliphatic heterocycles. The molecule has 0 aliphatic carbocycles. The minimum Gasteiger partial charge on any atom is -0.395 e. The van der Waals surface area contributed by atoms with Crippen LogP contribution in [0.4, 0.5) is 5.69 Å². The van der Waals surface area contributed by atoms with Crippen LogP contribution in [0.2, 0.25) is 0 Å². The molecule has 0 bridgehead atoms. The Morgan fingerprint density at radius 3 is 2.40 bits per heavy atom. The fraction of sp³-hybridized carbons (Fsp3) is 0.400. The van der Waals surface area contributed by atoms with Gasteiger partial charge in [-0.25, -0.2) is 0 Å². The molecule has 0 atom stereocenters. The third kappa shape index (κ3) is 8.49. The molecule has 5 nitrogen and oxygen atoms in total. The lowest BCUT2D eigenvalue weighted by Crippen LogP contribution is -2.36. The molecule has 0 aliphatic rings. The standard InChI is InChI=1S/C25H35N2O3/c1-2-3-21-30-22-7-6-16-26-15-5-4-8-24(26)12-9-23-10-13-25(14-11-23)27(17-19-28)18-20-29/h2,4-5,8-15,28-29H,1,3,6-7,16-22H2/q+1. The van der Waals surface area contributed by atoms with Gasteiger partial charge in [0.2, 0.25) is 5.69 Å². The summed E-state index contributed by atoms with van der Waals surface area (Å²) in [5, 5.41) is 18.4. The Labute approximate surface area is 180 Å². The summed E-state index contributed by atoms with van der Waals surface area (Å²) in [4.78, 5) is 1.97. The molecule has 2 rings (SSSR count). The molecule has 0 radical (unpaired) electrons. The SMILES string of the molecule is C=CCCOCCCC[n+]1ccccc1/C=C/c1ccc(N(CCO)CCO)cc1. The highest BCUT2D eigenvalue weighted by molar-refractivity contribution is 5.68. The summed E-state index contributed by atoms with van der Waals surface area (Å²) in [5.74, 6) is 0. The van der Waals surface area contributed by atoms with E-state index >= 15 is 0 Å². The second kappa shape index (κ2) is 14.5. The first kappa shape index (κ1) is 23.8. The second-order valence-corrected chi connectivity index (χ2v) is 7.07. The molecule has 2 N–H and O–H groups in total. The van der Waals surface area contributed by atoms with Gasteiger partial charge in [-0.15, -0.1) is 6.58 Å². The van der Waals surface area contributed by atoms with E-state index in [2.05, 4.69) is 59.8 Å². The topological polar surface area (TPSA) is 56.8 Å². The van der Waals surface area contributed by atoms with Gasteiger partial charge in [0, 0.05) is 56.6 Å². The Balaban J connectivity index is 1.92. The van der Waals surface area contributed by atoms with Crippen molar-refractivity contribution in [1.29, 1.82) is 0 Å². The molecule has 0 fully saturated rings. The summed E-state index contributed by atoms with van der Waals surface area (Å²) in [6.45, 7) is 7.37. The third-order valence-electron chi connectivity index (χ3n) is 4.82. The van der Waals surface area contributed by atoms with Crippen LogP contribution in [0.5, 0.6) is 0 Å². The summed E-state index contributed by atoms with van der Waals surface area (Å²) < 4.78 is 7.84. The number of benzene rings is 1. The molecule has 1 heterocycles. The van der Waals surface area contributed by atoms with E-state index in [1.807, 2.05) is 23.1 Å². The van der Waals surface area contributed by atoms with Gasteiger partial charge in [-0.3, -0.25) is 0 Å². The Morgan fingerprint density at radius 2 is 1.70 bits per heavy atom. The van der Waals surface area contributed by atoms with Crippen LogP contribution in [0, 0.1) is 0 Å². The molecule has 30 heavy (non-hydrogen) atoms. The molecule has 5 heteroatoms. The lowest BCUT2D eigenvalue weighted by molar-refractivity contribution is -0.699. The number of anilines is 1. The van der Waals surface area contributed by atoms with Crippen molar-refractivity contribution >= 4 is 17.8 Å². The van der Waals surface area contributed by atoms with Crippen molar-refractivity contribution in [3.05, 3.63) is 72.6 Å². The van der Waals surface area contributed by atoms with Crippen LogP contribution in [0.1, 0.15) is 30.5 Å². The van der Waals surface area contributed by atoms with E-state index in [9.17, 15) is 10.2 Å². The van der Waals surface area contributed by atoms with Gasteiger partial charge in [-0.1, -0.05) is 18.2 Å². The van der Waals surface area contributed by atoms with Crippen molar-refractivity contribution in [1.82, 2.24) is 0 Å². The number of hydrogen-bond acceptors (Lipinski definition) is 4. The van der Waals surface area contributed by atoms with Gasteiger partial charge in [0.05, 0.1) is 13.2 Å². The molecule has 0 spiro atoms. The maximum Gasteiger partial charge on any atom is 0.205 e. The molecule has 1 aromatic heterocycles. The maximum atomic E-state index is 9.19. The molecule has 0 amide bonds. The zero-order chi connectivity index (χ0) is 21.4. The van der Waals surface area contributed by atoms with E-state index in [1.165, 1.54) is 0 Å². The van der Waals surface area contributed by atoms with Crippen LogP contribution in [0.25, 0.3) is 12.2 Å². The zero-order valence-electron chi connectivity index (χ0n) is 17.8. The fourth-order valence-electron chi connectivity index (χ4n) is 3.19. The monoisotopic (exact) mass is 411 g/mol. The van der Waals surface area contributed by atoms with Crippen LogP contribution >= 0.6 is 0 Å². The first-order chi connectivity index (χ1) is 14.8. The van der Waals surface area contributed by atoms with Gasteiger partial charge in [0.15, 0.2) is 6.20 Å². The number of ether oxygens (including phenoxy) is 1. The first-order valence-electron chi connectivity index (χ1n) is 10.7. The van der Waals surface area contributed by atoms with Crippen molar-refractivity contribution in [2.45, 2.75) is 25.8 Å². The minimum absolute atomic E-state index is 0.0661. The van der Waals surface area contributed by atoms with E-state index in [0.717, 1.165) is 56.0 Å². The predicted octanol–water partition coefficient (Wildman–Crippen LogP) is 3.31. The normalized spacial score (nSPS) is 11.1. The van der Waals surface area contributed by atoms with Gasteiger partial charge in [0.1, 0.15) is 6.54 Å². The molecule has 0 saturated carbocycles. The van der Waals surface area contributed by atoms with Gasteiger partial charge in [0.25, 0.3) is 0 Å². The van der Waals surface area contributed by atoms with Crippen molar-refractivity contribution in [3.63, 3.8) is 0 Å². The van der Waals surface area contributed by atoms with E-state index in [0.29, 0.717) is 13.1 Å². The molecular weight excluding hydrogens is 376 g/mol. The molecule has 162 valence electrons. The number of aliphatic hydroxyl groups excluding tert-OH is 2. The molecule has 0 saturated heterocycles. The van der Waals surface area contributed by atoms with Gasteiger partial charge in [-0.2, -0.15) is 4.57 Å². The van der Waals surface area contributed by atoms with Crippen LogP contribution in [-0.2, 0) is 11.3 Å². The Hall–Kier alpha value is -2.47. The van der Waals surface area contributed by atoms with Crippen molar-refractivity contribution < 1.29 is 19.5 Å². The number of aliphatic hydroxyl groups is 2. The summed E-state index contributed by atoms with van der Waals surface area (Å²) >= 11 is 0. The van der Waals surface area contributed by atoms with Crippen LogP contribution < -0.4 is 9.47 Å². The van der Waals surface area contributed by atoms with E-state index < -0.39 is 0 Å². The summed E-state index contributed by atoms with van der Waals surface area (Å²) in [6, 6.07) is 14.4. The smallest absolute Gasteiger partial charge is 0.205 e. The first-order valence-corrected chi connectivity index (χ1v) is 10.7. The molecule has 0 unspecified atom stereocenters. The highest BCUT2D eigenvalue weighted by Crippen LogP contribution is 2.16. The zero-order valence-corrected chi connectivity index (χ0v) is 17.8. The number of pyridine rings is 1. The summed E-state index contributed by atoms with van der Waals surface area (Å²) in [7, 11) is 0. The quantitative estimate of drug-likeness (QED) is 0.268. The Bertz CT molecular complexity index is 753. The highest BCUT2D eigenvalue weighted by atomic mass is 16.5. The number of aryl methyl sites for hydroxylation is 1. The summed E-state index contributed by atoms with van der Waals surface area (Å²) in [5.41, 5.74) is 3.27. The molecule has 1 aromatic carbocycles. The van der Waals surface area contributed by atoms with Gasteiger partial charge >= 0.3 is 0 Å². The number of unbranched alkanes of at least 4 members (excludes halogenated alkanes) is 1. The van der Waals surface area contributed by atoms with Crippen molar-refractivity contribution in [3.8, 4) is 0 Å². The second-order valence-electron chi connectivity index (χ2n) is 7.07. The van der Waals surface area contributed by atoms with Crippen molar-refractivity contribution in [2.24, 2.45) is 0 Å². The largest absolute Gasteiger partial charge is 0.395 e. The van der Waals surface area contributed by atoms with Gasteiger partial charge in [-0.05, 0) is 42.7 Å². The average Bonchev–Trinajstić information content (AvgIpc) is 2.78. The van der Waals surface area contributed by atoms with Crippen LogP contribution in [-0.4, -0.2) is 49.7 Å². The van der Waals surface area contributed by atoms with Crippen LogP contribution in [0.3, 0.4) is 0 Å². The third-order valence-corrected chi connectivity index (χ3v) is 4.82. The number of nitrogens with zero attached hydrogens (tertiary/aromatic N) is 2. The van der Waals surface area contributed by atoms with Crippen molar-refractivity contribution in [2.75, 3.05) is 44.4 Å².